The van der Waals surface area contributed by atoms with Gasteiger partial charge in [0, 0.05) is 23.5 Å². The topological polar surface area (TPSA) is 80.1 Å². The van der Waals surface area contributed by atoms with Crippen LogP contribution in [0.15, 0.2) is 78.0 Å². The number of hydrogen-bond acceptors (Lipinski definition) is 7. The number of anilines is 1. The van der Waals surface area contributed by atoms with Crippen molar-refractivity contribution in [1.29, 1.82) is 5.26 Å². The number of aryl methyl sites for hydroxylation is 2. The van der Waals surface area contributed by atoms with Crippen molar-refractivity contribution in [2.45, 2.75) is 31.3 Å². The third-order valence-corrected chi connectivity index (χ3v) is 6.96. The van der Waals surface area contributed by atoms with Gasteiger partial charge in [-0.25, -0.2) is 9.97 Å². The van der Waals surface area contributed by atoms with Gasteiger partial charge < -0.3 is 14.2 Å². The SMILES string of the molecule is CCc1ncnc(NCC(OSc2ccc(C)cc2)c2ccc(Oc3ccc(C#N)cc3Cl)cc2)c1Cl. The molecule has 1 aromatic heterocycles. The van der Waals surface area contributed by atoms with Gasteiger partial charge in [0.05, 0.1) is 22.3 Å². The van der Waals surface area contributed by atoms with E-state index in [0.29, 0.717) is 45.9 Å². The van der Waals surface area contributed by atoms with E-state index in [0.717, 1.165) is 16.2 Å². The van der Waals surface area contributed by atoms with E-state index < -0.39 is 0 Å². The molecule has 0 radical (unpaired) electrons. The lowest BCUT2D eigenvalue weighted by molar-refractivity contribution is 0.263. The van der Waals surface area contributed by atoms with Crippen molar-refractivity contribution in [3.05, 3.63) is 105 Å². The van der Waals surface area contributed by atoms with Crippen molar-refractivity contribution in [1.82, 2.24) is 9.97 Å². The maximum absolute atomic E-state index is 9.03. The fraction of sp³-hybridized carbons (Fsp3) is 0.179. The average molecular weight is 551 g/mol. The average Bonchev–Trinajstić information content (AvgIpc) is 2.92. The molecule has 1 N–H and O–H groups in total. The summed E-state index contributed by atoms with van der Waals surface area (Å²) in [7, 11) is 0. The first-order chi connectivity index (χ1) is 18.0. The molecule has 6 nitrogen and oxygen atoms in total. The summed E-state index contributed by atoms with van der Waals surface area (Å²) < 4.78 is 12.2. The van der Waals surface area contributed by atoms with Gasteiger partial charge in [-0.1, -0.05) is 60.0 Å². The molecule has 4 rings (SSSR count). The standard InChI is InChI=1S/C28H24Cl2N4O2S/c1-3-24-27(30)28(34-17-33-24)32-16-26(36-37-22-11-4-18(2)5-12-22)20-7-9-21(10-8-20)35-25-13-6-19(15-31)14-23(25)29/h4-14,17,26H,3,16H2,1-2H3,(H,32,33,34). The Balaban J connectivity index is 1.51. The molecule has 0 amide bonds. The molecule has 0 spiro atoms. The Hall–Kier alpha value is -3.28. The minimum Gasteiger partial charge on any atom is -0.456 e. The second-order valence-electron chi connectivity index (χ2n) is 8.13. The number of hydrogen-bond donors (Lipinski definition) is 1. The van der Waals surface area contributed by atoms with Crippen LogP contribution in [0.4, 0.5) is 5.82 Å². The Bertz CT molecular complexity index is 1390. The first kappa shape index (κ1) is 26.8. The van der Waals surface area contributed by atoms with Gasteiger partial charge in [0.1, 0.15) is 34.8 Å². The molecule has 1 heterocycles. The highest BCUT2D eigenvalue weighted by Crippen LogP contribution is 2.33. The van der Waals surface area contributed by atoms with Crippen molar-refractivity contribution in [3.8, 4) is 17.6 Å². The lowest BCUT2D eigenvalue weighted by Gasteiger charge is -2.19. The zero-order valence-electron chi connectivity index (χ0n) is 20.2. The number of halogens is 2. The molecule has 37 heavy (non-hydrogen) atoms. The van der Waals surface area contributed by atoms with Gasteiger partial charge in [0.2, 0.25) is 0 Å². The van der Waals surface area contributed by atoms with E-state index >= 15 is 0 Å². The maximum atomic E-state index is 9.03. The zero-order chi connectivity index (χ0) is 26.2. The normalized spacial score (nSPS) is 11.5. The van der Waals surface area contributed by atoms with Crippen LogP contribution in [-0.2, 0) is 10.6 Å². The summed E-state index contributed by atoms with van der Waals surface area (Å²) in [5.74, 6) is 1.65. The van der Waals surface area contributed by atoms with Crippen molar-refractivity contribution >= 4 is 41.1 Å². The van der Waals surface area contributed by atoms with E-state index in [-0.39, 0.29) is 6.10 Å². The Morgan fingerprint density at radius 2 is 1.78 bits per heavy atom. The molecule has 0 fully saturated rings. The van der Waals surface area contributed by atoms with Crippen LogP contribution in [0.2, 0.25) is 10.0 Å². The summed E-state index contributed by atoms with van der Waals surface area (Å²) in [6.45, 7) is 4.48. The molecule has 3 aromatic carbocycles. The predicted octanol–water partition coefficient (Wildman–Crippen LogP) is 8.20. The third kappa shape index (κ3) is 7.15. The smallest absolute Gasteiger partial charge is 0.148 e. The molecule has 9 heteroatoms. The van der Waals surface area contributed by atoms with Gasteiger partial charge in [-0.2, -0.15) is 5.26 Å². The second-order valence-corrected chi connectivity index (χ2v) is 9.74. The summed E-state index contributed by atoms with van der Waals surface area (Å²) in [4.78, 5) is 9.52. The minimum atomic E-state index is -0.324. The lowest BCUT2D eigenvalue weighted by atomic mass is 10.1. The van der Waals surface area contributed by atoms with Crippen molar-refractivity contribution in [2.24, 2.45) is 0 Å². The molecule has 188 valence electrons. The van der Waals surface area contributed by atoms with Crippen molar-refractivity contribution in [2.75, 3.05) is 11.9 Å². The van der Waals surface area contributed by atoms with E-state index in [2.05, 4.69) is 21.4 Å². The van der Waals surface area contributed by atoms with Crippen LogP contribution in [0.1, 0.15) is 35.4 Å². The lowest BCUT2D eigenvalue weighted by Crippen LogP contribution is -2.15. The Kier molecular flexibility index (Phi) is 9.26. The number of nitrogens with one attached hydrogen (secondary N) is 1. The molecule has 1 unspecified atom stereocenters. The summed E-state index contributed by atoms with van der Waals surface area (Å²) >= 11 is 14.0. The summed E-state index contributed by atoms with van der Waals surface area (Å²) in [5, 5.41) is 13.2. The summed E-state index contributed by atoms with van der Waals surface area (Å²) in [6.07, 6.45) is 1.89. The van der Waals surface area contributed by atoms with Crippen LogP contribution in [-0.4, -0.2) is 16.5 Å². The molecule has 0 aliphatic carbocycles. The Labute approximate surface area is 230 Å². The molecular formula is C28H24Cl2N4O2S. The highest BCUT2D eigenvalue weighted by Gasteiger charge is 2.17. The van der Waals surface area contributed by atoms with Crippen LogP contribution < -0.4 is 10.1 Å². The first-order valence-corrected chi connectivity index (χ1v) is 13.1. The van der Waals surface area contributed by atoms with Crippen LogP contribution in [0.25, 0.3) is 0 Å². The maximum Gasteiger partial charge on any atom is 0.148 e. The fourth-order valence-corrected chi connectivity index (χ4v) is 4.58. The molecule has 0 aliphatic rings. The fourth-order valence-electron chi connectivity index (χ4n) is 3.41. The van der Waals surface area contributed by atoms with E-state index in [9.17, 15) is 0 Å². The van der Waals surface area contributed by atoms with E-state index in [1.54, 1.807) is 18.2 Å². The van der Waals surface area contributed by atoms with Gasteiger partial charge >= 0.3 is 0 Å². The number of rotatable bonds is 10. The molecule has 0 bridgehead atoms. The van der Waals surface area contributed by atoms with Crippen LogP contribution in [0.5, 0.6) is 11.5 Å². The summed E-state index contributed by atoms with van der Waals surface area (Å²) in [5.41, 5.74) is 3.38. The van der Waals surface area contributed by atoms with Gasteiger partial charge in [-0.05, 0) is 61.4 Å². The number of benzene rings is 3. The predicted molar refractivity (Wildman–Crippen MR) is 148 cm³/mol. The van der Waals surface area contributed by atoms with Crippen molar-refractivity contribution in [3.63, 3.8) is 0 Å². The van der Waals surface area contributed by atoms with Gasteiger partial charge in [-0.3, -0.25) is 0 Å². The third-order valence-electron chi connectivity index (χ3n) is 5.47. The van der Waals surface area contributed by atoms with E-state index in [1.165, 1.54) is 23.9 Å². The van der Waals surface area contributed by atoms with Gasteiger partial charge in [0.15, 0.2) is 0 Å². The number of nitrogens with zero attached hydrogens (tertiary/aromatic N) is 3. The van der Waals surface area contributed by atoms with Crippen LogP contribution >= 0.6 is 35.2 Å². The van der Waals surface area contributed by atoms with Crippen molar-refractivity contribution < 1.29 is 8.92 Å². The highest BCUT2D eigenvalue weighted by molar-refractivity contribution is 7.94. The minimum absolute atomic E-state index is 0.324. The van der Waals surface area contributed by atoms with Crippen LogP contribution in [0, 0.1) is 18.3 Å². The Morgan fingerprint density at radius 3 is 2.46 bits per heavy atom. The monoisotopic (exact) mass is 550 g/mol. The van der Waals surface area contributed by atoms with E-state index in [1.807, 2.05) is 62.4 Å². The van der Waals surface area contributed by atoms with Gasteiger partial charge in [0.25, 0.3) is 0 Å². The largest absolute Gasteiger partial charge is 0.456 e. The number of ether oxygens (including phenoxy) is 1. The molecule has 0 saturated heterocycles. The second kappa shape index (κ2) is 12.8. The summed E-state index contributed by atoms with van der Waals surface area (Å²) in [6, 6.07) is 22.7. The molecule has 1 atom stereocenters. The first-order valence-electron chi connectivity index (χ1n) is 11.6. The van der Waals surface area contributed by atoms with Gasteiger partial charge in [-0.15, -0.1) is 0 Å². The molecular weight excluding hydrogens is 527 g/mol. The highest BCUT2D eigenvalue weighted by atomic mass is 35.5. The molecule has 0 aliphatic heterocycles. The number of aromatic nitrogens is 2. The van der Waals surface area contributed by atoms with E-state index in [4.69, 9.17) is 37.4 Å². The molecule has 0 saturated carbocycles. The Morgan fingerprint density at radius 1 is 1.03 bits per heavy atom. The zero-order valence-corrected chi connectivity index (χ0v) is 22.6. The number of nitriles is 1. The molecule has 4 aromatic rings. The van der Waals surface area contributed by atoms with Crippen LogP contribution in [0.3, 0.4) is 0 Å². The quantitative estimate of drug-likeness (QED) is 0.199.